The van der Waals surface area contributed by atoms with Crippen LogP contribution in [0, 0.1) is 0 Å². The number of aromatic nitrogens is 1. The lowest BCUT2D eigenvalue weighted by atomic mass is 9.93. The first-order chi connectivity index (χ1) is 11.1. The average Bonchev–Trinajstić information content (AvgIpc) is 2.56. The molecule has 1 aliphatic carbocycles. The maximum atomic E-state index is 12.3. The van der Waals surface area contributed by atoms with Gasteiger partial charge in [-0.05, 0) is 25.7 Å². The molecule has 0 unspecified atom stereocenters. The second kappa shape index (κ2) is 9.05. The van der Waals surface area contributed by atoms with Gasteiger partial charge < -0.3 is 19.5 Å². The van der Waals surface area contributed by atoms with Crippen molar-refractivity contribution < 1.29 is 19.0 Å². The van der Waals surface area contributed by atoms with Crippen molar-refractivity contribution in [2.45, 2.75) is 37.8 Å². The molecule has 1 heterocycles. The normalized spacial score (nSPS) is 21.0. The molecule has 1 fully saturated rings. The first kappa shape index (κ1) is 18.0. The zero-order valence-corrected chi connectivity index (χ0v) is 14.3. The van der Waals surface area contributed by atoms with Gasteiger partial charge in [-0.25, -0.2) is 4.98 Å². The highest BCUT2D eigenvalue weighted by Gasteiger charge is 2.23. The minimum atomic E-state index is -0.227. The van der Waals surface area contributed by atoms with Crippen LogP contribution in [0.5, 0.6) is 5.75 Å². The van der Waals surface area contributed by atoms with Crippen LogP contribution in [0.15, 0.2) is 12.1 Å². The zero-order chi connectivity index (χ0) is 16.7. The van der Waals surface area contributed by atoms with E-state index in [0.29, 0.717) is 19.0 Å². The monoisotopic (exact) mass is 342 g/mol. The molecule has 1 aromatic heterocycles. The Morgan fingerprint density at radius 1 is 1.26 bits per heavy atom. The van der Waals surface area contributed by atoms with Crippen molar-refractivity contribution in [2.75, 3.05) is 27.4 Å². The van der Waals surface area contributed by atoms with Crippen molar-refractivity contribution in [1.29, 1.82) is 0 Å². The van der Waals surface area contributed by atoms with Gasteiger partial charge in [0.1, 0.15) is 16.6 Å². The molecule has 2 rings (SSSR count). The van der Waals surface area contributed by atoms with E-state index in [2.05, 4.69) is 10.3 Å². The van der Waals surface area contributed by atoms with Crippen LogP contribution >= 0.6 is 11.6 Å². The minimum Gasteiger partial charge on any atom is -0.497 e. The van der Waals surface area contributed by atoms with Crippen LogP contribution in [0.1, 0.15) is 36.2 Å². The van der Waals surface area contributed by atoms with Crippen LogP contribution in [0.2, 0.25) is 5.15 Å². The Kier molecular flexibility index (Phi) is 7.08. The lowest BCUT2D eigenvalue weighted by Crippen LogP contribution is -2.39. The Labute approximate surface area is 141 Å². The van der Waals surface area contributed by atoms with Crippen molar-refractivity contribution in [3.63, 3.8) is 0 Å². The van der Waals surface area contributed by atoms with Crippen LogP contribution in [0.4, 0.5) is 0 Å². The van der Waals surface area contributed by atoms with Crippen LogP contribution < -0.4 is 10.1 Å². The number of carbonyl (C=O) groups excluding carboxylic acids is 1. The molecule has 7 heteroatoms. The number of hydrogen-bond donors (Lipinski definition) is 1. The number of hydrogen-bond acceptors (Lipinski definition) is 5. The van der Waals surface area contributed by atoms with Crippen molar-refractivity contribution in [1.82, 2.24) is 10.3 Å². The molecule has 128 valence electrons. The largest absolute Gasteiger partial charge is 0.497 e. The van der Waals surface area contributed by atoms with Crippen LogP contribution in [0.3, 0.4) is 0 Å². The summed E-state index contributed by atoms with van der Waals surface area (Å²) in [6, 6.07) is 3.29. The predicted molar refractivity (Wildman–Crippen MR) is 87.1 cm³/mol. The van der Waals surface area contributed by atoms with Gasteiger partial charge in [0, 0.05) is 25.3 Å². The van der Waals surface area contributed by atoms with E-state index in [1.807, 2.05) is 0 Å². The fourth-order valence-electron chi connectivity index (χ4n) is 2.64. The highest BCUT2D eigenvalue weighted by Crippen LogP contribution is 2.22. The molecule has 0 saturated heterocycles. The molecule has 6 nitrogen and oxygen atoms in total. The molecule has 1 saturated carbocycles. The van der Waals surface area contributed by atoms with Crippen molar-refractivity contribution >= 4 is 17.5 Å². The molecular formula is C16H23ClN2O4. The average molecular weight is 343 g/mol. The third-order valence-electron chi connectivity index (χ3n) is 3.89. The summed E-state index contributed by atoms with van der Waals surface area (Å²) >= 11 is 5.90. The molecule has 1 aromatic rings. The topological polar surface area (TPSA) is 69.7 Å². The number of pyridine rings is 1. The maximum absolute atomic E-state index is 12.3. The van der Waals surface area contributed by atoms with Gasteiger partial charge in [-0.1, -0.05) is 11.6 Å². The summed E-state index contributed by atoms with van der Waals surface area (Å²) in [7, 11) is 3.19. The lowest BCUT2D eigenvalue weighted by Gasteiger charge is -2.29. The molecule has 0 radical (unpaired) electrons. The van der Waals surface area contributed by atoms with Crippen molar-refractivity contribution in [3.05, 3.63) is 23.0 Å². The van der Waals surface area contributed by atoms with Crippen LogP contribution in [0.25, 0.3) is 0 Å². The zero-order valence-electron chi connectivity index (χ0n) is 13.5. The van der Waals surface area contributed by atoms with E-state index < -0.39 is 0 Å². The number of halogens is 1. The first-order valence-electron chi connectivity index (χ1n) is 7.75. The van der Waals surface area contributed by atoms with E-state index in [-0.39, 0.29) is 28.9 Å². The Morgan fingerprint density at radius 2 is 2.00 bits per heavy atom. The Bertz CT molecular complexity index is 519. The summed E-state index contributed by atoms with van der Waals surface area (Å²) in [5.41, 5.74) is 0.271. The summed E-state index contributed by atoms with van der Waals surface area (Å²) in [4.78, 5) is 16.3. The molecule has 23 heavy (non-hydrogen) atoms. The molecule has 0 aliphatic heterocycles. The van der Waals surface area contributed by atoms with Gasteiger partial charge in [-0.3, -0.25) is 4.79 Å². The van der Waals surface area contributed by atoms with Gasteiger partial charge in [0.15, 0.2) is 0 Å². The smallest absolute Gasteiger partial charge is 0.270 e. The quantitative estimate of drug-likeness (QED) is 0.609. The fraction of sp³-hybridized carbons (Fsp3) is 0.625. The SMILES string of the molecule is COCCOC1CCC(NC(=O)c2cc(OC)cc(Cl)n2)CC1. The molecule has 0 atom stereocenters. The summed E-state index contributed by atoms with van der Waals surface area (Å²) in [6.07, 6.45) is 3.90. The fourth-order valence-corrected chi connectivity index (χ4v) is 2.84. The van der Waals surface area contributed by atoms with E-state index >= 15 is 0 Å². The number of methoxy groups -OCH3 is 2. The molecule has 1 aliphatic rings. The first-order valence-corrected chi connectivity index (χ1v) is 8.13. The number of rotatable bonds is 7. The second-order valence-corrected chi connectivity index (χ2v) is 5.91. The number of nitrogens with zero attached hydrogens (tertiary/aromatic N) is 1. The van der Waals surface area contributed by atoms with Gasteiger partial charge in [0.05, 0.1) is 26.4 Å². The van der Waals surface area contributed by atoms with Crippen LogP contribution in [-0.4, -0.2) is 50.5 Å². The standard InChI is InChI=1S/C16H23ClN2O4/c1-21-7-8-23-12-5-3-11(4-6-12)18-16(20)14-9-13(22-2)10-15(17)19-14/h9-12H,3-8H2,1-2H3,(H,18,20). The Hall–Kier alpha value is -1.37. The van der Waals surface area contributed by atoms with Crippen molar-refractivity contribution in [3.8, 4) is 5.75 Å². The predicted octanol–water partition coefficient (Wildman–Crippen LogP) is 2.45. The van der Waals surface area contributed by atoms with Gasteiger partial charge in [-0.15, -0.1) is 0 Å². The number of nitrogens with one attached hydrogen (secondary N) is 1. The number of ether oxygens (including phenoxy) is 3. The van der Waals surface area contributed by atoms with E-state index in [0.717, 1.165) is 25.7 Å². The molecule has 1 N–H and O–H groups in total. The molecular weight excluding hydrogens is 320 g/mol. The van der Waals surface area contributed by atoms with E-state index in [1.54, 1.807) is 19.2 Å². The Balaban J connectivity index is 1.82. The van der Waals surface area contributed by atoms with Crippen molar-refractivity contribution in [2.24, 2.45) is 0 Å². The van der Waals surface area contributed by atoms with Gasteiger partial charge in [0.25, 0.3) is 5.91 Å². The summed E-state index contributed by atoms with van der Waals surface area (Å²) in [6.45, 7) is 1.23. The summed E-state index contributed by atoms with van der Waals surface area (Å²) < 4.78 is 15.8. The summed E-state index contributed by atoms with van der Waals surface area (Å²) in [5.74, 6) is 0.292. The highest BCUT2D eigenvalue weighted by molar-refractivity contribution is 6.29. The van der Waals surface area contributed by atoms with Crippen LogP contribution in [-0.2, 0) is 9.47 Å². The molecule has 0 aromatic carbocycles. The number of amides is 1. The van der Waals surface area contributed by atoms with E-state index in [4.69, 9.17) is 25.8 Å². The number of carbonyl (C=O) groups is 1. The lowest BCUT2D eigenvalue weighted by molar-refractivity contribution is -0.00409. The molecule has 0 spiro atoms. The van der Waals surface area contributed by atoms with Gasteiger partial charge >= 0.3 is 0 Å². The third-order valence-corrected chi connectivity index (χ3v) is 4.08. The summed E-state index contributed by atoms with van der Waals surface area (Å²) in [5, 5.41) is 3.25. The maximum Gasteiger partial charge on any atom is 0.270 e. The van der Waals surface area contributed by atoms with Gasteiger partial charge in [0.2, 0.25) is 0 Å². The Morgan fingerprint density at radius 3 is 2.65 bits per heavy atom. The van der Waals surface area contributed by atoms with E-state index in [9.17, 15) is 4.79 Å². The highest BCUT2D eigenvalue weighted by atomic mass is 35.5. The van der Waals surface area contributed by atoms with Gasteiger partial charge in [-0.2, -0.15) is 0 Å². The second-order valence-electron chi connectivity index (χ2n) is 5.53. The minimum absolute atomic E-state index is 0.136. The molecule has 0 bridgehead atoms. The third kappa shape index (κ3) is 5.64. The van der Waals surface area contributed by atoms with E-state index in [1.165, 1.54) is 7.11 Å². The molecule has 1 amide bonds.